The second-order valence-corrected chi connectivity index (χ2v) is 7.52. The fourth-order valence-electron chi connectivity index (χ4n) is 3.61. The maximum absolute atomic E-state index is 12.7. The third kappa shape index (κ3) is 6.46. The summed E-state index contributed by atoms with van der Waals surface area (Å²) in [5, 5.41) is 5.80. The van der Waals surface area contributed by atoms with Crippen molar-refractivity contribution in [2.75, 3.05) is 31.7 Å². The third-order valence-corrected chi connectivity index (χ3v) is 5.26. The van der Waals surface area contributed by atoms with Crippen LogP contribution in [-0.2, 0) is 22.5 Å². The quantitative estimate of drug-likeness (QED) is 0.646. The monoisotopic (exact) mass is 425 g/mol. The second-order valence-electron chi connectivity index (χ2n) is 7.52. The number of ether oxygens (including phenoxy) is 2. The van der Waals surface area contributed by atoms with E-state index >= 15 is 0 Å². The molecule has 0 saturated carbocycles. The van der Waals surface area contributed by atoms with Gasteiger partial charge in [-0.25, -0.2) is 4.79 Å². The predicted molar refractivity (Wildman–Crippen MR) is 120 cm³/mol. The maximum atomic E-state index is 12.7. The molecule has 0 bridgehead atoms. The summed E-state index contributed by atoms with van der Waals surface area (Å²) in [6, 6.07) is 15.0. The molecule has 3 rings (SSSR count). The van der Waals surface area contributed by atoms with E-state index in [1.807, 2.05) is 55.5 Å². The van der Waals surface area contributed by atoms with E-state index in [9.17, 15) is 9.59 Å². The van der Waals surface area contributed by atoms with E-state index in [2.05, 4.69) is 10.6 Å². The first-order valence-corrected chi connectivity index (χ1v) is 10.7. The molecule has 1 saturated heterocycles. The van der Waals surface area contributed by atoms with E-state index in [-0.39, 0.29) is 18.0 Å². The minimum Gasteiger partial charge on any atom is -0.496 e. The molecule has 2 aromatic carbocycles. The molecule has 3 amide bonds. The number of hydrogen-bond donors (Lipinski definition) is 2. The van der Waals surface area contributed by atoms with Crippen LogP contribution in [0, 0.1) is 0 Å². The molecule has 166 valence electrons. The average Bonchev–Trinajstić information content (AvgIpc) is 3.31. The molecule has 7 heteroatoms. The Labute approximate surface area is 183 Å². The number of anilines is 1. The van der Waals surface area contributed by atoms with Gasteiger partial charge in [-0.3, -0.25) is 9.69 Å². The van der Waals surface area contributed by atoms with E-state index < -0.39 is 0 Å². The van der Waals surface area contributed by atoms with Crippen LogP contribution in [0.15, 0.2) is 48.5 Å². The number of rotatable bonds is 9. The molecule has 1 atom stereocenters. The molecule has 1 aliphatic rings. The second kappa shape index (κ2) is 11.4. The summed E-state index contributed by atoms with van der Waals surface area (Å²) in [5.41, 5.74) is 2.55. The Bertz CT molecular complexity index is 863. The molecule has 1 aliphatic heterocycles. The summed E-state index contributed by atoms with van der Waals surface area (Å²) in [6.45, 7) is 4.12. The lowest BCUT2D eigenvalue weighted by Crippen LogP contribution is -2.39. The van der Waals surface area contributed by atoms with Crippen LogP contribution in [0.3, 0.4) is 0 Å². The number of amides is 3. The summed E-state index contributed by atoms with van der Waals surface area (Å²) >= 11 is 0. The van der Waals surface area contributed by atoms with Gasteiger partial charge in [0.15, 0.2) is 0 Å². The first-order valence-electron chi connectivity index (χ1n) is 10.7. The number of methoxy groups -OCH3 is 1. The highest BCUT2D eigenvalue weighted by Crippen LogP contribution is 2.24. The maximum Gasteiger partial charge on any atom is 0.322 e. The zero-order valence-electron chi connectivity index (χ0n) is 18.2. The van der Waals surface area contributed by atoms with Gasteiger partial charge in [-0.1, -0.05) is 30.3 Å². The van der Waals surface area contributed by atoms with Crippen molar-refractivity contribution in [3.05, 3.63) is 59.7 Å². The van der Waals surface area contributed by atoms with Crippen molar-refractivity contribution in [2.24, 2.45) is 0 Å². The number of nitrogens with zero attached hydrogens (tertiary/aromatic N) is 1. The number of urea groups is 1. The summed E-state index contributed by atoms with van der Waals surface area (Å²) in [4.78, 5) is 26.6. The zero-order chi connectivity index (χ0) is 22.1. The van der Waals surface area contributed by atoms with Crippen LogP contribution in [0.4, 0.5) is 10.5 Å². The van der Waals surface area contributed by atoms with E-state index in [1.54, 1.807) is 12.0 Å². The molecule has 2 N–H and O–H groups in total. The van der Waals surface area contributed by atoms with Crippen LogP contribution < -0.4 is 20.3 Å². The van der Waals surface area contributed by atoms with Gasteiger partial charge in [-0.15, -0.1) is 0 Å². The number of carbonyl (C=O) groups excluding carboxylic acids is 2. The largest absolute Gasteiger partial charge is 0.496 e. The Hall–Kier alpha value is -3.06. The summed E-state index contributed by atoms with van der Waals surface area (Å²) in [7, 11) is 1.62. The predicted octanol–water partition coefficient (Wildman–Crippen LogP) is 3.27. The fraction of sp³-hybridized carbons (Fsp3) is 0.417. The molecule has 1 unspecified atom stereocenters. The Balaban J connectivity index is 1.66. The van der Waals surface area contributed by atoms with Crippen LogP contribution in [0.1, 0.15) is 30.9 Å². The van der Waals surface area contributed by atoms with Crippen LogP contribution in [-0.4, -0.2) is 44.8 Å². The van der Waals surface area contributed by atoms with Crippen LogP contribution in [0.25, 0.3) is 0 Å². The molecule has 0 aliphatic carbocycles. The van der Waals surface area contributed by atoms with Gasteiger partial charge in [0.05, 0.1) is 26.2 Å². The van der Waals surface area contributed by atoms with Gasteiger partial charge >= 0.3 is 6.03 Å². The minimum atomic E-state index is -0.185. The van der Waals surface area contributed by atoms with Gasteiger partial charge in [-0.05, 0) is 43.5 Å². The van der Waals surface area contributed by atoms with Crippen molar-refractivity contribution in [3.8, 4) is 5.75 Å². The summed E-state index contributed by atoms with van der Waals surface area (Å²) in [5.74, 6) is 0.703. The van der Waals surface area contributed by atoms with E-state index in [4.69, 9.17) is 9.47 Å². The third-order valence-electron chi connectivity index (χ3n) is 5.26. The van der Waals surface area contributed by atoms with E-state index in [1.165, 1.54) is 0 Å². The van der Waals surface area contributed by atoms with Crippen LogP contribution >= 0.6 is 0 Å². The molecule has 0 spiro atoms. The molecule has 0 aromatic heterocycles. The SMILES string of the molecule is CCNC(=O)N(Cc1ccccc1OC)c1ccc(CC(=O)NCC2CCCO2)cc1. The molecule has 7 nitrogen and oxygen atoms in total. The first-order chi connectivity index (χ1) is 15.1. The molecule has 1 fully saturated rings. The highest BCUT2D eigenvalue weighted by Gasteiger charge is 2.18. The lowest BCUT2D eigenvalue weighted by Gasteiger charge is -2.24. The van der Waals surface area contributed by atoms with Crippen molar-refractivity contribution >= 4 is 17.6 Å². The van der Waals surface area contributed by atoms with Crippen LogP contribution in [0.5, 0.6) is 5.75 Å². The minimum absolute atomic E-state index is 0.0298. The molecule has 1 heterocycles. The van der Waals surface area contributed by atoms with Gasteiger partial charge < -0.3 is 20.1 Å². The Morgan fingerprint density at radius 3 is 2.58 bits per heavy atom. The van der Waals surface area contributed by atoms with Crippen LogP contribution in [0.2, 0.25) is 0 Å². The van der Waals surface area contributed by atoms with Crippen molar-refractivity contribution in [1.29, 1.82) is 0 Å². The molecule has 0 radical (unpaired) electrons. The van der Waals surface area contributed by atoms with E-state index in [0.717, 1.165) is 42.0 Å². The summed E-state index contributed by atoms with van der Waals surface area (Å²) < 4.78 is 11.0. The average molecular weight is 426 g/mol. The van der Waals surface area contributed by atoms with Gasteiger partial charge in [0.1, 0.15) is 5.75 Å². The van der Waals surface area contributed by atoms with Gasteiger partial charge in [0.25, 0.3) is 0 Å². The van der Waals surface area contributed by atoms with Crippen molar-refractivity contribution in [3.63, 3.8) is 0 Å². The fourth-order valence-corrected chi connectivity index (χ4v) is 3.61. The first kappa shape index (κ1) is 22.6. The number of carbonyl (C=O) groups is 2. The number of hydrogen-bond acceptors (Lipinski definition) is 4. The van der Waals surface area contributed by atoms with Gasteiger partial charge in [-0.2, -0.15) is 0 Å². The standard InChI is InChI=1S/C24H31N3O4/c1-3-25-24(29)27(17-19-7-4-5-9-22(19)30-2)20-12-10-18(11-13-20)15-23(28)26-16-21-8-6-14-31-21/h4-5,7,9-13,21H,3,6,8,14-17H2,1-2H3,(H,25,29)(H,26,28). The zero-order valence-corrected chi connectivity index (χ0v) is 18.2. The Morgan fingerprint density at radius 2 is 1.90 bits per heavy atom. The van der Waals surface area contributed by atoms with Crippen molar-refractivity contribution in [1.82, 2.24) is 10.6 Å². The molecular weight excluding hydrogens is 394 g/mol. The number of nitrogens with one attached hydrogen (secondary N) is 2. The van der Waals surface area contributed by atoms with Gasteiger partial charge in [0.2, 0.25) is 5.91 Å². The smallest absolute Gasteiger partial charge is 0.322 e. The lowest BCUT2D eigenvalue weighted by molar-refractivity contribution is -0.120. The number of benzene rings is 2. The molecule has 2 aromatic rings. The topological polar surface area (TPSA) is 79.9 Å². The summed E-state index contributed by atoms with van der Waals surface area (Å²) in [6.07, 6.45) is 2.48. The van der Waals surface area contributed by atoms with Crippen molar-refractivity contribution < 1.29 is 19.1 Å². The highest BCUT2D eigenvalue weighted by atomic mass is 16.5. The number of para-hydroxylation sites is 1. The normalized spacial score (nSPS) is 15.4. The Kier molecular flexibility index (Phi) is 8.29. The van der Waals surface area contributed by atoms with E-state index in [0.29, 0.717) is 26.1 Å². The molecular formula is C24H31N3O4. The molecule has 31 heavy (non-hydrogen) atoms. The lowest BCUT2D eigenvalue weighted by atomic mass is 10.1. The van der Waals surface area contributed by atoms with Gasteiger partial charge in [0, 0.05) is 30.9 Å². The Morgan fingerprint density at radius 1 is 1.13 bits per heavy atom. The van der Waals surface area contributed by atoms with Crippen molar-refractivity contribution in [2.45, 2.75) is 38.8 Å². The highest BCUT2D eigenvalue weighted by molar-refractivity contribution is 5.92.